The molecule has 0 spiro atoms. The Morgan fingerprint density at radius 2 is 1.90 bits per heavy atom. The molecule has 2 rings (SSSR count). The van der Waals surface area contributed by atoms with Gasteiger partial charge in [0.1, 0.15) is 0 Å². The molecule has 2 aliphatic heterocycles. The molecule has 0 radical (unpaired) electrons. The highest BCUT2D eigenvalue weighted by atomic mass is 32.2. The van der Waals surface area contributed by atoms with E-state index < -0.39 is 9.84 Å². The van der Waals surface area contributed by atoms with E-state index in [0.29, 0.717) is 24.8 Å². The number of hydrogen-bond donors (Lipinski definition) is 1. The van der Waals surface area contributed by atoms with Crippen LogP contribution in [0.2, 0.25) is 0 Å². The smallest absolute Gasteiger partial charge is 0.153 e. The molecule has 6 nitrogen and oxygen atoms in total. The zero-order valence-electron chi connectivity index (χ0n) is 12.3. The number of hydrogen-bond acceptors (Lipinski definition) is 4. The van der Waals surface area contributed by atoms with E-state index in [1.807, 2.05) is 11.8 Å². The first kappa shape index (κ1) is 15.3. The van der Waals surface area contributed by atoms with Gasteiger partial charge in [0.15, 0.2) is 9.84 Å². The average Bonchev–Trinajstić information content (AvgIpc) is 2.86. The lowest BCUT2D eigenvalue weighted by Crippen LogP contribution is -2.44. The van der Waals surface area contributed by atoms with Crippen LogP contribution in [-0.4, -0.2) is 74.6 Å². The quantitative estimate of drug-likeness (QED) is 0.593. The second-order valence-electron chi connectivity index (χ2n) is 5.66. The van der Waals surface area contributed by atoms with Gasteiger partial charge in [0.05, 0.1) is 23.2 Å². The molecule has 2 aliphatic rings. The summed E-state index contributed by atoms with van der Waals surface area (Å²) in [6, 6.07) is 0. The summed E-state index contributed by atoms with van der Waals surface area (Å²) in [4.78, 5) is 8.39. The topological polar surface area (TPSA) is 76.8 Å². The second-order valence-corrected chi connectivity index (χ2v) is 7.96. The maximum Gasteiger partial charge on any atom is 0.153 e. The molecule has 2 heterocycles. The number of likely N-dealkylation sites (tertiary alicyclic amines) is 1. The predicted molar refractivity (Wildman–Crippen MR) is 81.3 cm³/mol. The van der Waals surface area contributed by atoms with Gasteiger partial charge in [-0.1, -0.05) is 0 Å². The molecule has 1 unspecified atom stereocenters. The SMILES string of the molecule is C/N=C(/C)N1CCC(CC(=N)N2CCS(=O)(=O)CC2)C1. The van der Waals surface area contributed by atoms with E-state index in [4.69, 9.17) is 5.41 Å². The van der Waals surface area contributed by atoms with E-state index in [2.05, 4.69) is 9.89 Å². The van der Waals surface area contributed by atoms with Crippen LogP contribution in [0.1, 0.15) is 19.8 Å². The number of amidine groups is 2. The number of sulfone groups is 1. The monoisotopic (exact) mass is 300 g/mol. The fourth-order valence-electron chi connectivity index (χ4n) is 2.82. The van der Waals surface area contributed by atoms with Crippen LogP contribution in [0.15, 0.2) is 4.99 Å². The van der Waals surface area contributed by atoms with Crippen LogP contribution in [0.4, 0.5) is 0 Å². The van der Waals surface area contributed by atoms with E-state index in [0.717, 1.165) is 31.8 Å². The van der Waals surface area contributed by atoms with Crippen molar-refractivity contribution in [1.29, 1.82) is 5.41 Å². The molecular weight excluding hydrogens is 276 g/mol. The molecule has 0 aliphatic carbocycles. The summed E-state index contributed by atoms with van der Waals surface area (Å²) in [5.74, 6) is 2.51. The first-order valence-corrected chi connectivity index (χ1v) is 8.94. The van der Waals surface area contributed by atoms with Crippen LogP contribution in [0.25, 0.3) is 0 Å². The van der Waals surface area contributed by atoms with E-state index in [-0.39, 0.29) is 11.5 Å². The Labute approximate surface area is 121 Å². The maximum absolute atomic E-state index is 11.4. The minimum atomic E-state index is -2.86. The van der Waals surface area contributed by atoms with E-state index in [1.54, 1.807) is 7.05 Å². The van der Waals surface area contributed by atoms with Crippen molar-refractivity contribution in [3.63, 3.8) is 0 Å². The van der Waals surface area contributed by atoms with Crippen LogP contribution < -0.4 is 0 Å². The van der Waals surface area contributed by atoms with Crippen molar-refractivity contribution in [2.24, 2.45) is 10.9 Å². The standard InChI is InChI=1S/C13H24N4O2S/c1-11(15-2)17-4-3-12(10-17)9-13(14)16-5-7-20(18,19)8-6-16/h12,14H,3-10H2,1-2H3/b14-13?,15-11-. The molecule has 1 N–H and O–H groups in total. The largest absolute Gasteiger partial charge is 0.360 e. The summed E-state index contributed by atoms with van der Waals surface area (Å²) in [5, 5.41) is 8.18. The minimum absolute atomic E-state index is 0.188. The predicted octanol–water partition coefficient (Wildman–Crippen LogP) is 0.454. The fraction of sp³-hybridized carbons (Fsp3) is 0.846. The van der Waals surface area contributed by atoms with Crippen molar-refractivity contribution < 1.29 is 8.42 Å². The van der Waals surface area contributed by atoms with Gasteiger partial charge in [0, 0.05) is 39.6 Å². The Kier molecular flexibility index (Phi) is 4.67. The highest BCUT2D eigenvalue weighted by Gasteiger charge is 2.28. The lowest BCUT2D eigenvalue weighted by atomic mass is 10.0. The Balaban J connectivity index is 1.81. The summed E-state index contributed by atoms with van der Waals surface area (Å²) in [7, 11) is -1.06. The second kappa shape index (κ2) is 6.11. The van der Waals surface area contributed by atoms with Gasteiger partial charge in [-0.05, 0) is 19.3 Å². The van der Waals surface area contributed by atoms with Crippen LogP contribution in [0.5, 0.6) is 0 Å². The van der Waals surface area contributed by atoms with E-state index in [9.17, 15) is 8.42 Å². The van der Waals surface area contributed by atoms with Crippen molar-refractivity contribution in [1.82, 2.24) is 9.80 Å². The summed E-state index contributed by atoms with van der Waals surface area (Å²) in [6.45, 7) is 4.94. The molecule has 0 amide bonds. The third-order valence-electron chi connectivity index (χ3n) is 4.28. The minimum Gasteiger partial charge on any atom is -0.360 e. The maximum atomic E-state index is 11.4. The molecule has 0 aromatic rings. The normalized spacial score (nSPS) is 26.9. The van der Waals surface area contributed by atoms with Gasteiger partial charge >= 0.3 is 0 Å². The summed E-state index contributed by atoms with van der Waals surface area (Å²) in [6.07, 6.45) is 1.83. The van der Waals surface area contributed by atoms with Gasteiger partial charge in [0.25, 0.3) is 0 Å². The van der Waals surface area contributed by atoms with Crippen molar-refractivity contribution >= 4 is 21.5 Å². The Hall–Kier alpha value is -1.11. The molecule has 1 atom stereocenters. The molecule has 114 valence electrons. The van der Waals surface area contributed by atoms with Crippen molar-refractivity contribution in [2.45, 2.75) is 19.8 Å². The van der Waals surface area contributed by atoms with Gasteiger partial charge < -0.3 is 9.80 Å². The Morgan fingerprint density at radius 3 is 2.50 bits per heavy atom. The molecule has 0 saturated carbocycles. The Bertz CT molecular complexity index is 487. The van der Waals surface area contributed by atoms with Crippen LogP contribution in [0, 0.1) is 11.3 Å². The number of nitrogens with zero attached hydrogens (tertiary/aromatic N) is 3. The molecule has 7 heteroatoms. The molecule has 20 heavy (non-hydrogen) atoms. The first-order valence-electron chi connectivity index (χ1n) is 7.12. The first-order chi connectivity index (χ1) is 9.41. The summed E-state index contributed by atoms with van der Waals surface area (Å²) in [5.41, 5.74) is 0. The van der Waals surface area contributed by atoms with Gasteiger partial charge in [-0.25, -0.2) is 8.42 Å². The third kappa shape index (κ3) is 3.71. The van der Waals surface area contributed by atoms with Crippen LogP contribution in [-0.2, 0) is 9.84 Å². The lowest BCUT2D eigenvalue weighted by molar-refractivity contribution is 0.413. The molecule has 2 fully saturated rings. The lowest BCUT2D eigenvalue weighted by Gasteiger charge is -2.30. The highest BCUT2D eigenvalue weighted by molar-refractivity contribution is 7.91. The molecule has 2 saturated heterocycles. The molecule has 0 aromatic heterocycles. The third-order valence-corrected chi connectivity index (χ3v) is 5.88. The van der Waals surface area contributed by atoms with Gasteiger partial charge in [-0.3, -0.25) is 10.4 Å². The summed E-state index contributed by atoms with van der Waals surface area (Å²) < 4.78 is 22.8. The number of nitrogens with one attached hydrogen (secondary N) is 1. The molecule has 0 bridgehead atoms. The highest BCUT2D eigenvalue weighted by Crippen LogP contribution is 2.21. The zero-order chi connectivity index (χ0) is 14.8. The average molecular weight is 300 g/mol. The van der Waals surface area contributed by atoms with Crippen LogP contribution >= 0.6 is 0 Å². The number of rotatable bonds is 2. The van der Waals surface area contributed by atoms with Crippen molar-refractivity contribution in [2.75, 3.05) is 44.7 Å². The molecule has 0 aromatic carbocycles. The number of aliphatic imine (C=N–C) groups is 1. The summed E-state index contributed by atoms with van der Waals surface area (Å²) >= 11 is 0. The zero-order valence-corrected chi connectivity index (χ0v) is 13.1. The van der Waals surface area contributed by atoms with Crippen molar-refractivity contribution in [3.8, 4) is 0 Å². The van der Waals surface area contributed by atoms with E-state index in [1.165, 1.54) is 0 Å². The molecular formula is C13H24N4O2S. The fourth-order valence-corrected chi connectivity index (χ4v) is 4.02. The van der Waals surface area contributed by atoms with Gasteiger partial charge in [-0.15, -0.1) is 0 Å². The van der Waals surface area contributed by atoms with Gasteiger partial charge in [-0.2, -0.15) is 0 Å². The van der Waals surface area contributed by atoms with Crippen molar-refractivity contribution in [3.05, 3.63) is 0 Å². The van der Waals surface area contributed by atoms with Crippen LogP contribution in [0.3, 0.4) is 0 Å². The van der Waals surface area contributed by atoms with Gasteiger partial charge in [0.2, 0.25) is 0 Å². The Morgan fingerprint density at radius 1 is 1.25 bits per heavy atom. The van der Waals surface area contributed by atoms with E-state index >= 15 is 0 Å².